The van der Waals surface area contributed by atoms with Gasteiger partial charge < -0.3 is 19.1 Å². The Kier molecular flexibility index (Phi) is 7.00. The molecular formula is C32H39N3O3. The number of ketones is 1. The summed E-state index contributed by atoms with van der Waals surface area (Å²) in [6.07, 6.45) is 7.16. The second-order valence-electron chi connectivity index (χ2n) is 11.3. The lowest BCUT2D eigenvalue weighted by molar-refractivity contribution is -0.129. The molecule has 3 aliphatic rings. The highest BCUT2D eigenvalue weighted by Crippen LogP contribution is 2.47. The topological polar surface area (TPSA) is 54.8 Å². The number of Topliss-reactive ketones (excluding diaryl/α,β-unsaturated/α-hetero) is 1. The predicted octanol–water partition coefficient (Wildman–Crippen LogP) is 5.94. The van der Waals surface area contributed by atoms with Crippen LogP contribution in [0.15, 0.2) is 36.4 Å². The van der Waals surface area contributed by atoms with Crippen molar-refractivity contribution in [2.75, 3.05) is 44.3 Å². The summed E-state index contributed by atoms with van der Waals surface area (Å²) in [7, 11) is 0. The average Bonchev–Trinajstić information content (AvgIpc) is 3.07. The Bertz CT molecular complexity index is 1360. The van der Waals surface area contributed by atoms with E-state index in [0.717, 1.165) is 49.4 Å². The zero-order valence-electron chi connectivity index (χ0n) is 22.8. The van der Waals surface area contributed by atoms with Crippen LogP contribution in [0.1, 0.15) is 72.9 Å². The molecule has 0 bridgehead atoms. The Hall–Kier alpha value is -3.12. The molecule has 1 aromatic heterocycles. The lowest BCUT2D eigenvalue weighted by Gasteiger charge is -2.28. The second kappa shape index (κ2) is 10.6. The minimum atomic E-state index is 0.0972. The molecular weight excluding hydrogens is 474 g/mol. The first-order valence-electron chi connectivity index (χ1n) is 14.4. The Morgan fingerprint density at radius 2 is 1.76 bits per heavy atom. The molecule has 0 N–H and O–H groups in total. The summed E-state index contributed by atoms with van der Waals surface area (Å²) in [5, 5.41) is 1.29. The first-order chi connectivity index (χ1) is 18.5. The van der Waals surface area contributed by atoms with Crippen molar-refractivity contribution >= 4 is 28.3 Å². The molecule has 6 heteroatoms. The molecule has 200 valence electrons. The number of ether oxygens (including phenoxy) is 1. The molecule has 0 unspecified atom stereocenters. The summed E-state index contributed by atoms with van der Waals surface area (Å²) in [5.41, 5.74) is 8.20. The third kappa shape index (κ3) is 4.64. The van der Waals surface area contributed by atoms with Crippen molar-refractivity contribution in [2.45, 2.75) is 64.8 Å². The number of hydrogen-bond acceptors (Lipinski definition) is 4. The van der Waals surface area contributed by atoms with E-state index in [-0.39, 0.29) is 11.7 Å². The van der Waals surface area contributed by atoms with Crippen LogP contribution in [0.5, 0.6) is 0 Å². The van der Waals surface area contributed by atoms with Gasteiger partial charge in [-0.15, -0.1) is 0 Å². The minimum absolute atomic E-state index is 0.0972. The number of benzene rings is 2. The van der Waals surface area contributed by atoms with Crippen LogP contribution in [0, 0.1) is 6.92 Å². The highest BCUT2D eigenvalue weighted by atomic mass is 16.5. The summed E-state index contributed by atoms with van der Waals surface area (Å²) < 4.78 is 8.04. The van der Waals surface area contributed by atoms with E-state index in [4.69, 9.17) is 4.74 Å². The van der Waals surface area contributed by atoms with E-state index < -0.39 is 0 Å². The number of anilines is 1. The number of amides is 1. The van der Waals surface area contributed by atoms with Crippen molar-refractivity contribution in [2.24, 2.45) is 0 Å². The molecule has 3 aromatic rings. The number of carbonyl (C=O) groups is 2. The molecule has 1 saturated heterocycles. The molecule has 2 fully saturated rings. The molecule has 38 heavy (non-hydrogen) atoms. The largest absolute Gasteiger partial charge is 0.380 e. The first kappa shape index (κ1) is 25.2. The molecule has 1 amide bonds. The summed E-state index contributed by atoms with van der Waals surface area (Å²) in [4.78, 5) is 30.1. The summed E-state index contributed by atoms with van der Waals surface area (Å²) in [5.74, 6) is 0.788. The maximum absolute atomic E-state index is 13.5. The maximum atomic E-state index is 13.5. The minimum Gasteiger partial charge on any atom is -0.380 e. The molecule has 3 heterocycles. The second-order valence-corrected chi connectivity index (χ2v) is 11.3. The van der Waals surface area contributed by atoms with Gasteiger partial charge in [-0.25, -0.2) is 0 Å². The SMILES string of the molecule is CC(=O)c1ccc2c(C3CCCCC3)c3n(c2c1)CCN(CC(=O)N1CCCOCC1)c1cc(C)ccc1-3. The maximum Gasteiger partial charge on any atom is 0.242 e. The lowest BCUT2D eigenvalue weighted by atomic mass is 9.81. The van der Waals surface area contributed by atoms with Gasteiger partial charge in [-0.1, -0.05) is 43.5 Å². The fourth-order valence-electron chi connectivity index (χ4n) is 6.79. The normalized spacial score (nSPS) is 18.6. The summed E-state index contributed by atoms with van der Waals surface area (Å²) >= 11 is 0. The molecule has 0 atom stereocenters. The van der Waals surface area contributed by atoms with Crippen LogP contribution in [0.3, 0.4) is 0 Å². The number of aryl methyl sites for hydroxylation is 1. The number of rotatable bonds is 4. The van der Waals surface area contributed by atoms with Gasteiger partial charge in [0.15, 0.2) is 5.78 Å². The quantitative estimate of drug-likeness (QED) is 0.406. The standard InChI is InChI=1S/C32H39N3O3/c1-22-9-11-27-28(19-22)34(21-30(37)33-13-6-17-38-18-16-33)14-15-35-29-20-25(23(2)36)10-12-26(29)31(32(27)35)24-7-4-3-5-8-24/h9-12,19-20,24H,3-8,13-18,21H2,1-2H3. The van der Waals surface area contributed by atoms with E-state index in [2.05, 4.69) is 46.7 Å². The van der Waals surface area contributed by atoms with Crippen LogP contribution < -0.4 is 4.90 Å². The van der Waals surface area contributed by atoms with Crippen LogP contribution in [-0.4, -0.2) is 60.6 Å². The monoisotopic (exact) mass is 513 g/mol. The molecule has 0 spiro atoms. The molecule has 1 aliphatic carbocycles. The molecule has 2 aliphatic heterocycles. The highest BCUT2D eigenvalue weighted by molar-refractivity contribution is 6.02. The Labute approximate surface area is 225 Å². The zero-order chi connectivity index (χ0) is 26.2. The number of aromatic nitrogens is 1. The smallest absolute Gasteiger partial charge is 0.242 e. The lowest BCUT2D eigenvalue weighted by Crippen LogP contribution is -2.42. The van der Waals surface area contributed by atoms with E-state index in [1.165, 1.54) is 59.9 Å². The van der Waals surface area contributed by atoms with Gasteiger partial charge in [0.25, 0.3) is 0 Å². The van der Waals surface area contributed by atoms with Crippen molar-refractivity contribution in [3.63, 3.8) is 0 Å². The Morgan fingerprint density at radius 1 is 0.921 bits per heavy atom. The van der Waals surface area contributed by atoms with Gasteiger partial charge in [-0.2, -0.15) is 0 Å². The van der Waals surface area contributed by atoms with E-state index >= 15 is 0 Å². The van der Waals surface area contributed by atoms with Crippen LogP contribution in [0.25, 0.3) is 22.2 Å². The van der Waals surface area contributed by atoms with Gasteiger partial charge in [-0.3, -0.25) is 9.59 Å². The molecule has 6 nitrogen and oxygen atoms in total. The van der Waals surface area contributed by atoms with Crippen LogP contribution in [0.2, 0.25) is 0 Å². The Morgan fingerprint density at radius 3 is 2.58 bits per heavy atom. The molecule has 6 rings (SSSR count). The average molecular weight is 514 g/mol. The molecule has 2 aromatic carbocycles. The number of hydrogen-bond donors (Lipinski definition) is 0. The van der Waals surface area contributed by atoms with Crippen molar-refractivity contribution in [3.8, 4) is 11.3 Å². The van der Waals surface area contributed by atoms with E-state index in [1.807, 2.05) is 11.0 Å². The fraction of sp³-hybridized carbons (Fsp3) is 0.500. The van der Waals surface area contributed by atoms with Gasteiger partial charge >= 0.3 is 0 Å². The van der Waals surface area contributed by atoms with Gasteiger partial charge in [0.05, 0.1) is 18.8 Å². The summed E-state index contributed by atoms with van der Waals surface area (Å²) in [6, 6.07) is 13.0. The predicted molar refractivity (Wildman–Crippen MR) is 152 cm³/mol. The van der Waals surface area contributed by atoms with Gasteiger partial charge in [-0.05, 0) is 62.3 Å². The molecule has 1 saturated carbocycles. The van der Waals surface area contributed by atoms with Crippen molar-refractivity contribution in [3.05, 3.63) is 53.1 Å². The number of fused-ring (bicyclic) bond motifs is 5. The zero-order valence-corrected chi connectivity index (χ0v) is 22.8. The highest BCUT2D eigenvalue weighted by Gasteiger charge is 2.31. The van der Waals surface area contributed by atoms with E-state index in [1.54, 1.807) is 6.92 Å². The Balaban J connectivity index is 1.48. The van der Waals surface area contributed by atoms with E-state index in [9.17, 15) is 9.59 Å². The van der Waals surface area contributed by atoms with E-state index in [0.29, 0.717) is 25.6 Å². The van der Waals surface area contributed by atoms with Gasteiger partial charge in [0, 0.05) is 60.5 Å². The first-order valence-corrected chi connectivity index (χ1v) is 14.4. The van der Waals surface area contributed by atoms with Crippen molar-refractivity contribution in [1.82, 2.24) is 9.47 Å². The molecule has 0 radical (unpaired) electrons. The summed E-state index contributed by atoms with van der Waals surface area (Å²) in [6.45, 7) is 8.45. The third-order valence-corrected chi connectivity index (χ3v) is 8.77. The number of nitrogens with zero attached hydrogens (tertiary/aromatic N) is 3. The number of carbonyl (C=O) groups excluding carboxylic acids is 2. The third-order valence-electron chi connectivity index (χ3n) is 8.77. The van der Waals surface area contributed by atoms with Crippen molar-refractivity contribution in [1.29, 1.82) is 0 Å². The van der Waals surface area contributed by atoms with Gasteiger partial charge in [0.2, 0.25) is 5.91 Å². The van der Waals surface area contributed by atoms with Crippen molar-refractivity contribution < 1.29 is 14.3 Å². The fourth-order valence-corrected chi connectivity index (χ4v) is 6.79. The van der Waals surface area contributed by atoms with Crippen LogP contribution >= 0.6 is 0 Å². The van der Waals surface area contributed by atoms with Crippen LogP contribution in [-0.2, 0) is 16.1 Å². The van der Waals surface area contributed by atoms with Crippen LogP contribution in [0.4, 0.5) is 5.69 Å². The van der Waals surface area contributed by atoms with Gasteiger partial charge in [0.1, 0.15) is 0 Å².